The van der Waals surface area contributed by atoms with E-state index in [-0.39, 0.29) is 5.82 Å². The molecule has 1 saturated heterocycles. The molecule has 0 unspecified atom stereocenters. The maximum absolute atomic E-state index is 13.5. The van der Waals surface area contributed by atoms with Gasteiger partial charge in [-0.05, 0) is 44.0 Å². The Balaban J connectivity index is 1.96. The Labute approximate surface area is 95.7 Å². The zero-order chi connectivity index (χ0) is 11.4. The van der Waals surface area contributed by atoms with Crippen molar-refractivity contribution in [3.05, 3.63) is 24.1 Å². The Morgan fingerprint density at radius 3 is 2.94 bits per heavy atom. The van der Waals surface area contributed by atoms with Crippen LogP contribution in [0.15, 0.2) is 18.3 Å². The first-order chi connectivity index (χ1) is 7.77. The first-order valence-corrected chi connectivity index (χ1v) is 5.80. The standard InChI is InChI=1S/C12H18FN3/c1-16(9-10-4-7-14-8-5-10)12-11(13)3-2-6-15-12/h2-3,6,10,14H,4-5,7-9H2,1H3. The summed E-state index contributed by atoms with van der Waals surface area (Å²) in [5, 5.41) is 3.33. The predicted octanol–water partition coefficient (Wildman–Crippen LogP) is 1.66. The van der Waals surface area contributed by atoms with Gasteiger partial charge in [0.15, 0.2) is 11.6 Å². The quantitative estimate of drug-likeness (QED) is 0.844. The molecule has 0 aromatic carbocycles. The first-order valence-electron chi connectivity index (χ1n) is 5.80. The van der Waals surface area contributed by atoms with Gasteiger partial charge in [-0.1, -0.05) is 0 Å². The Hall–Kier alpha value is -1.16. The van der Waals surface area contributed by atoms with Crippen molar-refractivity contribution < 1.29 is 4.39 Å². The van der Waals surface area contributed by atoms with Gasteiger partial charge in [0.1, 0.15) is 0 Å². The number of hydrogen-bond acceptors (Lipinski definition) is 3. The van der Waals surface area contributed by atoms with Crippen molar-refractivity contribution >= 4 is 5.82 Å². The molecule has 16 heavy (non-hydrogen) atoms. The molecule has 0 atom stereocenters. The van der Waals surface area contributed by atoms with Crippen LogP contribution in [0.4, 0.5) is 10.2 Å². The molecule has 1 N–H and O–H groups in total. The van der Waals surface area contributed by atoms with E-state index in [1.165, 1.54) is 18.9 Å². The SMILES string of the molecule is CN(CC1CCNCC1)c1ncccc1F. The fourth-order valence-electron chi connectivity index (χ4n) is 2.20. The van der Waals surface area contributed by atoms with Crippen molar-refractivity contribution in [3.63, 3.8) is 0 Å². The van der Waals surface area contributed by atoms with Crippen LogP contribution >= 0.6 is 0 Å². The van der Waals surface area contributed by atoms with Crippen LogP contribution in [-0.2, 0) is 0 Å². The zero-order valence-corrected chi connectivity index (χ0v) is 9.62. The lowest BCUT2D eigenvalue weighted by molar-refractivity contribution is 0.376. The largest absolute Gasteiger partial charge is 0.357 e. The van der Waals surface area contributed by atoms with Gasteiger partial charge in [-0.3, -0.25) is 0 Å². The number of nitrogens with zero attached hydrogens (tertiary/aromatic N) is 2. The highest BCUT2D eigenvalue weighted by molar-refractivity contribution is 5.38. The Bertz CT molecular complexity index is 337. The number of nitrogens with one attached hydrogen (secondary N) is 1. The van der Waals surface area contributed by atoms with E-state index < -0.39 is 0 Å². The smallest absolute Gasteiger partial charge is 0.165 e. The molecule has 4 heteroatoms. The summed E-state index contributed by atoms with van der Waals surface area (Å²) in [6, 6.07) is 3.08. The van der Waals surface area contributed by atoms with Crippen LogP contribution in [0.25, 0.3) is 0 Å². The number of pyridine rings is 1. The lowest BCUT2D eigenvalue weighted by Crippen LogP contribution is -2.35. The number of rotatable bonds is 3. The second kappa shape index (κ2) is 5.25. The number of piperidine rings is 1. The maximum Gasteiger partial charge on any atom is 0.165 e. The third-order valence-corrected chi connectivity index (χ3v) is 3.09. The van der Waals surface area contributed by atoms with Crippen molar-refractivity contribution in [1.82, 2.24) is 10.3 Å². The summed E-state index contributed by atoms with van der Waals surface area (Å²) in [6.45, 7) is 3.03. The van der Waals surface area contributed by atoms with Gasteiger partial charge in [0.2, 0.25) is 0 Å². The minimum Gasteiger partial charge on any atom is -0.357 e. The highest BCUT2D eigenvalue weighted by Gasteiger charge is 2.17. The third kappa shape index (κ3) is 2.70. The molecular formula is C12H18FN3. The summed E-state index contributed by atoms with van der Waals surface area (Å²) in [7, 11) is 1.91. The molecule has 1 fully saturated rings. The number of halogens is 1. The minimum absolute atomic E-state index is 0.237. The average molecular weight is 223 g/mol. The van der Waals surface area contributed by atoms with Gasteiger partial charge in [0, 0.05) is 19.8 Å². The Kier molecular flexibility index (Phi) is 3.72. The Morgan fingerprint density at radius 2 is 2.25 bits per heavy atom. The second-order valence-electron chi connectivity index (χ2n) is 4.38. The fourth-order valence-corrected chi connectivity index (χ4v) is 2.20. The predicted molar refractivity (Wildman–Crippen MR) is 63.1 cm³/mol. The summed E-state index contributed by atoms with van der Waals surface area (Å²) >= 11 is 0. The molecule has 2 rings (SSSR count). The maximum atomic E-state index is 13.5. The molecule has 0 spiro atoms. The molecule has 0 radical (unpaired) electrons. The van der Waals surface area contributed by atoms with Crippen LogP contribution in [0.2, 0.25) is 0 Å². The van der Waals surface area contributed by atoms with Crippen molar-refractivity contribution in [2.45, 2.75) is 12.8 Å². The minimum atomic E-state index is -0.237. The molecular weight excluding hydrogens is 205 g/mol. The molecule has 0 aliphatic carbocycles. The van der Waals surface area contributed by atoms with Crippen LogP contribution in [-0.4, -0.2) is 31.7 Å². The number of anilines is 1. The van der Waals surface area contributed by atoms with E-state index in [2.05, 4.69) is 10.3 Å². The van der Waals surface area contributed by atoms with Crippen molar-refractivity contribution in [2.75, 3.05) is 31.6 Å². The monoisotopic (exact) mass is 223 g/mol. The highest BCUT2D eigenvalue weighted by Crippen LogP contribution is 2.18. The lowest BCUT2D eigenvalue weighted by Gasteiger charge is -2.28. The molecule has 0 amide bonds. The van der Waals surface area contributed by atoms with Crippen molar-refractivity contribution in [1.29, 1.82) is 0 Å². The van der Waals surface area contributed by atoms with Crippen LogP contribution < -0.4 is 10.2 Å². The third-order valence-electron chi connectivity index (χ3n) is 3.09. The van der Waals surface area contributed by atoms with Gasteiger partial charge in [-0.2, -0.15) is 0 Å². The van der Waals surface area contributed by atoms with E-state index in [1.54, 1.807) is 12.3 Å². The lowest BCUT2D eigenvalue weighted by atomic mass is 9.98. The zero-order valence-electron chi connectivity index (χ0n) is 9.62. The van der Waals surface area contributed by atoms with Crippen LogP contribution in [0.5, 0.6) is 0 Å². The van der Waals surface area contributed by atoms with Gasteiger partial charge in [0.05, 0.1) is 0 Å². The van der Waals surface area contributed by atoms with Gasteiger partial charge < -0.3 is 10.2 Å². The van der Waals surface area contributed by atoms with E-state index in [0.29, 0.717) is 11.7 Å². The summed E-state index contributed by atoms with van der Waals surface area (Å²) in [5.74, 6) is 0.868. The van der Waals surface area contributed by atoms with Crippen LogP contribution in [0.3, 0.4) is 0 Å². The second-order valence-corrected chi connectivity index (χ2v) is 4.38. The Morgan fingerprint density at radius 1 is 1.50 bits per heavy atom. The van der Waals surface area contributed by atoms with E-state index in [1.807, 2.05) is 11.9 Å². The molecule has 88 valence electrons. The number of aromatic nitrogens is 1. The van der Waals surface area contributed by atoms with E-state index in [9.17, 15) is 4.39 Å². The number of hydrogen-bond donors (Lipinski definition) is 1. The first kappa shape index (κ1) is 11.3. The van der Waals surface area contributed by atoms with Gasteiger partial charge in [-0.15, -0.1) is 0 Å². The molecule has 0 saturated carbocycles. The van der Waals surface area contributed by atoms with E-state index in [0.717, 1.165) is 19.6 Å². The molecule has 0 bridgehead atoms. The average Bonchev–Trinajstić information content (AvgIpc) is 2.31. The highest BCUT2D eigenvalue weighted by atomic mass is 19.1. The molecule has 1 aliphatic heterocycles. The van der Waals surface area contributed by atoms with Crippen molar-refractivity contribution in [2.24, 2.45) is 5.92 Å². The fraction of sp³-hybridized carbons (Fsp3) is 0.583. The normalized spacial score (nSPS) is 17.4. The molecule has 1 aromatic heterocycles. The summed E-state index contributed by atoms with van der Waals surface area (Å²) < 4.78 is 13.5. The van der Waals surface area contributed by atoms with Crippen LogP contribution in [0.1, 0.15) is 12.8 Å². The van der Waals surface area contributed by atoms with E-state index in [4.69, 9.17) is 0 Å². The summed E-state index contributed by atoms with van der Waals surface area (Å²) in [5.41, 5.74) is 0. The molecule has 3 nitrogen and oxygen atoms in total. The van der Waals surface area contributed by atoms with Crippen molar-refractivity contribution in [3.8, 4) is 0 Å². The molecule has 1 aromatic rings. The molecule has 1 aliphatic rings. The van der Waals surface area contributed by atoms with Gasteiger partial charge in [0.25, 0.3) is 0 Å². The van der Waals surface area contributed by atoms with Gasteiger partial charge in [-0.25, -0.2) is 9.37 Å². The summed E-state index contributed by atoms with van der Waals surface area (Å²) in [4.78, 5) is 6.00. The van der Waals surface area contributed by atoms with Crippen LogP contribution in [0, 0.1) is 11.7 Å². The topological polar surface area (TPSA) is 28.2 Å². The van der Waals surface area contributed by atoms with Gasteiger partial charge >= 0.3 is 0 Å². The van der Waals surface area contributed by atoms with E-state index >= 15 is 0 Å². The summed E-state index contributed by atoms with van der Waals surface area (Å²) in [6.07, 6.45) is 3.97. The molecule has 2 heterocycles.